The summed E-state index contributed by atoms with van der Waals surface area (Å²) in [6, 6.07) is 5.67. The summed E-state index contributed by atoms with van der Waals surface area (Å²) in [7, 11) is 0. The molecule has 2 rings (SSSR count). The van der Waals surface area contributed by atoms with Crippen LogP contribution in [-0.2, 0) is 11.4 Å². The zero-order valence-electron chi connectivity index (χ0n) is 11.7. The highest BCUT2D eigenvalue weighted by Crippen LogP contribution is 2.28. The van der Waals surface area contributed by atoms with E-state index in [1.165, 1.54) is 0 Å². The van der Waals surface area contributed by atoms with Crippen molar-refractivity contribution in [1.29, 1.82) is 0 Å². The van der Waals surface area contributed by atoms with E-state index in [1.807, 2.05) is 37.4 Å². The van der Waals surface area contributed by atoms with Crippen molar-refractivity contribution in [2.75, 3.05) is 0 Å². The standard InChI is InChI=1S/C16H15ClO3S/c1-10-5-13(17)6-11(2)16(10)20-8-14-7-12(9-21-14)3-4-15(18)19/h3-7,9H,8H2,1-2H3,(H,18,19). The average molecular weight is 323 g/mol. The molecule has 1 N–H and O–H groups in total. The molecule has 0 bridgehead atoms. The average Bonchev–Trinajstić information content (AvgIpc) is 2.83. The van der Waals surface area contributed by atoms with Crippen molar-refractivity contribution >= 4 is 35.0 Å². The molecule has 0 saturated heterocycles. The van der Waals surface area contributed by atoms with Gasteiger partial charge in [-0.1, -0.05) is 11.6 Å². The summed E-state index contributed by atoms with van der Waals surface area (Å²) >= 11 is 7.53. The van der Waals surface area contributed by atoms with E-state index in [4.69, 9.17) is 21.4 Å². The quantitative estimate of drug-likeness (QED) is 0.812. The van der Waals surface area contributed by atoms with Crippen LogP contribution in [0.15, 0.2) is 29.7 Å². The Morgan fingerprint density at radius 2 is 2.00 bits per heavy atom. The Bertz CT molecular complexity index is 666. The summed E-state index contributed by atoms with van der Waals surface area (Å²) in [5.74, 6) is -0.109. The van der Waals surface area contributed by atoms with Crippen LogP contribution in [0.2, 0.25) is 5.02 Å². The normalized spacial score (nSPS) is 11.0. The van der Waals surface area contributed by atoms with Gasteiger partial charge in [0.1, 0.15) is 12.4 Å². The third kappa shape index (κ3) is 4.34. The zero-order valence-corrected chi connectivity index (χ0v) is 13.3. The lowest BCUT2D eigenvalue weighted by atomic mass is 10.1. The highest BCUT2D eigenvalue weighted by Gasteiger charge is 2.07. The first kappa shape index (κ1) is 15.6. The van der Waals surface area contributed by atoms with Gasteiger partial charge in [-0.25, -0.2) is 4.79 Å². The summed E-state index contributed by atoms with van der Waals surface area (Å²) in [4.78, 5) is 11.5. The molecular formula is C16H15ClO3S. The predicted molar refractivity (Wildman–Crippen MR) is 86.2 cm³/mol. The van der Waals surface area contributed by atoms with E-state index in [9.17, 15) is 4.79 Å². The van der Waals surface area contributed by atoms with Gasteiger partial charge in [-0.05, 0) is 60.2 Å². The van der Waals surface area contributed by atoms with Gasteiger partial charge in [0, 0.05) is 16.0 Å². The lowest BCUT2D eigenvalue weighted by Crippen LogP contribution is -1.97. The van der Waals surface area contributed by atoms with E-state index < -0.39 is 5.97 Å². The van der Waals surface area contributed by atoms with Crippen LogP contribution in [0, 0.1) is 13.8 Å². The summed E-state index contributed by atoms with van der Waals surface area (Å²) in [6.45, 7) is 4.38. The van der Waals surface area contributed by atoms with Gasteiger partial charge in [-0.2, -0.15) is 0 Å². The third-order valence-corrected chi connectivity index (χ3v) is 4.02. The van der Waals surface area contributed by atoms with Crippen molar-refractivity contribution in [3.63, 3.8) is 0 Å². The number of hydrogen-bond donors (Lipinski definition) is 1. The number of halogens is 1. The molecule has 0 aliphatic rings. The first-order valence-corrected chi connectivity index (χ1v) is 7.59. The molecule has 0 fully saturated rings. The molecule has 0 radical (unpaired) electrons. The van der Waals surface area contributed by atoms with Crippen molar-refractivity contribution in [3.8, 4) is 5.75 Å². The van der Waals surface area contributed by atoms with Crippen LogP contribution in [0.3, 0.4) is 0 Å². The van der Waals surface area contributed by atoms with Crippen LogP contribution < -0.4 is 4.74 Å². The number of carboxylic acid groups (broad SMARTS) is 1. The second-order valence-corrected chi connectivity index (χ2v) is 6.11. The number of aliphatic carboxylic acids is 1. The second-order valence-electron chi connectivity index (χ2n) is 4.68. The highest BCUT2D eigenvalue weighted by atomic mass is 35.5. The molecule has 0 spiro atoms. The fourth-order valence-corrected chi connectivity index (χ4v) is 3.09. The van der Waals surface area contributed by atoms with Gasteiger partial charge in [0.25, 0.3) is 0 Å². The topological polar surface area (TPSA) is 46.5 Å². The molecule has 2 aromatic rings. The van der Waals surface area contributed by atoms with E-state index in [2.05, 4.69) is 0 Å². The minimum Gasteiger partial charge on any atom is -0.488 e. The van der Waals surface area contributed by atoms with E-state index in [0.717, 1.165) is 33.4 Å². The fraction of sp³-hybridized carbons (Fsp3) is 0.188. The molecule has 1 aromatic carbocycles. The van der Waals surface area contributed by atoms with Crippen molar-refractivity contribution in [1.82, 2.24) is 0 Å². The Balaban J connectivity index is 2.05. The molecule has 3 nitrogen and oxygen atoms in total. The molecule has 1 aromatic heterocycles. The first-order valence-electron chi connectivity index (χ1n) is 6.33. The number of ether oxygens (including phenoxy) is 1. The van der Waals surface area contributed by atoms with E-state index in [0.29, 0.717) is 11.6 Å². The number of thiophene rings is 1. The van der Waals surface area contributed by atoms with E-state index in [1.54, 1.807) is 17.4 Å². The Morgan fingerprint density at radius 3 is 2.62 bits per heavy atom. The summed E-state index contributed by atoms with van der Waals surface area (Å²) in [5, 5.41) is 11.2. The van der Waals surface area contributed by atoms with Crippen LogP contribution >= 0.6 is 22.9 Å². The number of carboxylic acids is 1. The minimum atomic E-state index is -0.952. The molecule has 0 saturated carbocycles. The monoisotopic (exact) mass is 322 g/mol. The maximum atomic E-state index is 10.5. The van der Waals surface area contributed by atoms with Crippen molar-refractivity contribution in [3.05, 3.63) is 56.2 Å². The van der Waals surface area contributed by atoms with Crippen LogP contribution in [0.25, 0.3) is 6.08 Å². The van der Waals surface area contributed by atoms with Gasteiger partial charge in [0.2, 0.25) is 0 Å². The first-order chi connectivity index (χ1) is 9.95. The maximum Gasteiger partial charge on any atom is 0.328 e. The Labute approximate surface area is 132 Å². The molecular weight excluding hydrogens is 308 g/mol. The van der Waals surface area contributed by atoms with E-state index in [-0.39, 0.29) is 0 Å². The number of hydrogen-bond acceptors (Lipinski definition) is 3. The number of rotatable bonds is 5. The van der Waals surface area contributed by atoms with Crippen molar-refractivity contribution < 1.29 is 14.6 Å². The van der Waals surface area contributed by atoms with E-state index >= 15 is 0 Å². The minimum absolute atomic E-state index is 0.453. The number of carbonyl (C=O) groups is 1. The van der Waals surface area contributed by atoms with Crippen LogP contribution in [0.4, 0.5) is 0 Å². The zero-order chi connectivity index (χ0) is 15.4. The SMILES string of the molecule is Cc1cc(Cl)cc(C)c1OCc1cc(C=CC(=O)O)cs1. The highest BCUT2D eigenvalue weighted by molar-refractivity contribution is 7.10. The smallest absolute Gasteiger partial charge is 0.328 e. The summed E-state index contributed by atoms with van der Waals surface area (Å²) in [6.07, 6.45) is 2.70. The van der Waals surface area contributed by atoms with Gasteiger partial charge >= 0.3 is 5.97 Å². The van der Waals surface area contributed by atoms with Crippen molar-refractivity contribution in [2.45, 2.75) is 20.5 Å². The molecule has 0 amide bonds. The molecule has 110 valence electrons. The maximum absolute atomic E-state index is 10.5. The van der Waals surface area contributed by atoms with Gasteiger partial charge in [-0.15, -0.1) is 11.3 Å². The Morgan fingerprint density at radius 1 is 1.33 bits per heavy atom. The molecule has 0 aliphatic heterocycles. The summed E-state index contributed by atoms with van der Waals surface area (Å²) < 4.78 is 5.86. The van der Waals surface area contributed by atoms with Crippen LogP contribution in [0.5, 0.6) is 5.75 Å². The second kappa shape index (κ2) is 6.78. The Kier molecular flexibility index (Phi) is 5.04. The molecule has 0 unspecified atom stereocenters. The number of aryl methyl sites for hydroxylation is 2. The predicted octanol–water partition coefficient (Wildman–Crippen LogP) is 4.70. The third-order valence-electron chi connectivity index (χ3n) is 2.88. The molecule has 0 atom stereocenters. The largest absolute Gasteiger partial charge is 0.488 e. The molecule has 0 aliphatic carbocycles. The lowest BCUT2D eigenvalue weighted by Gasteiger charge is -2.11. The molecule has 5 heteroatoms. The van der Waals surface area contributed by atoms with Crippen LogP contribution in [-0.4, -0.2) is 11.1 Å². The van der Waals surface area contributed by atoms with Gasteiger partial charge < -0.3 is 9.84 Å². The molecule has 1 heterocycles. The van der Waals surface area contributed by atoms with Gasteiger partial charge in [-0.3, -0.25) is 0 Å². The van der Waals surface area contributed by atoms with Gasteiger partial charge in [0.15, 0.2) is 0 Å². The van der Waals surface area contributed by atoms with Crippen LogP contribution in [0.1, 0.15) is 21.6 Å². The van der Waals surface area contributed by atoms with Gasteiger partial charge in [0.05, 0.1) is 0 Å². The van der Waals surface area contributed by atoms with Crippen molar-refractivity contribution in [2.24, 2.45) is 0 Å². The summed E-state index contributed by atoms with van der Waals surface area (Å²) in [5.41, 5.74) is 2.87. The lowest BCUT2D eigenvalue weighted by molar-refractivity contribution is -0.131. The molecule has 21 heavy (non-hydrogen) atoms. The Hall–Kier alpha value is -1.78. The number of benzene rings is 1. The fourth-order valence-electron chi connectivity index (χ4n) is 2.00.